The Labute approximate surface area is 171 Å². The van der Waals surface area contributed by atoms with Gasteiger partial charge in [0.25, 0.3) is 0 Å². The summed E-state index contributed by atoms with van der Waals surface area (Å²) in [7, 11) is -3.42. The largest absolute Gasteiger partial charge is 0.283 e. The molecule has 0 atom stereocenters. The van der Waals surface area contributed by atoms with E-state index in [0.29, 0.717) is 5.69 Å². The number of sulfonamides is 1. The highest BCUT2D eigenvalue weighted by atomic mass is 32.2. The van der Waals surface area contributed by atoms with E-state index in [1.165, 1.54) is 5.56 Å². The fraction of sp³-hybridized carbons (Fsp3) is 0.409. The van der Waals surface area contributed by atoms with Gasteiger partial charge in [-0.2, -0.15) is 0 Å². The van der Waals surface area contributed by atoms with Crippen molar-refractivity contribution in [2.45, 2.75) is 58.1 Å². The molecule has 0 saturated heterocycles. The summed E-state index contributed by atoms with van der Waals surface area (Å²) in [4.78, 5) is 6.73. The molecule has 1 saturated carbocycles. The third-order valence-corrected chi connectivity index (χ3v) is 8.37. The minimum absolute atomic E-state index is 0.299. The van der Waals surface area contributed by atoms with Crippen LogP contribution in [0.4, 0.5) is 5.69 Å². The van der Waals surface area contributed by atoms with Crippen molar-refractivity contribution < 1.29 is 8.42 Å². The second-order valence-corrected chi connectivity index (χ2v) is 11.0. The standard InChI is InChI=1S/C22H26N2O2S2/c1-14-8-7-9-17(12-14)20-16(3)27-22-21(20)19(13-15(2)23-22)24-28(25,26)18-10-5-4-6-11-18/h7-9,12-13,18H,4-6,10-11H2,1-3H3,(H,23,24). The Hall–Kier alpha value is -1.92. The Morgan fingerprint density at radius 1 is 1.07 bits per heavy atom. The molecule has 0 bridgehead atoms. The fourth-order valence-corrected chi connectivity index (χ4v) is 6.88. The van der Waals surface area contributed by atoms with Crippen molar-refractivity contribution in [3.63, 3.8) is 0 Å². The van der Waals surface area contributed by atoms with Crippen LogP contribution in [0.3, 0.4) is 0 Å². The molecule has 4 rings (SSSR count). The van der Waals surface area contributed by atoms with Crippen molar-refractivity contribution >= 4 is 37.3 Å². The second kappa shape index (κ2) is 7.48. The summed E-state index contributed by atoms with van der Waals surface area (Å²) in [5.74, 6) is 0. The Morgan fingerprint density at radius 2 is 1.82 bits per heavy atom. The second-order valence-electron chi connectivity index (χ2n) is 7.80. The van der Waals surface area contributed by atoms with Crippen molar-refractivity contribution in [1.82, 2.24) is 4.98 Å². The lowest BCUT2D eigenvalue weighted by molar-refractivity contribution is 0.486. The van der Waals surface area contributed by atoms with Gasteiger partial charge in [-0.25, -0.2) is 13.4 Å². The summed E-state index contributed by atoms with van der Waals surface area (Å²) in [6.45, 7) is 6.07. The van der Waals surface area contributed by atoms with E-state index < -0.39 is 10.0 Å². The first kappa shape index (κ1) is 19.4. The van der Waals surface area contributed by atoms with E-state index in [1.54, 1.807) is 11.3 Å². The monoisotopic (exact) mass is 414 g/mol. The van der Waals surface area contributed by atoms with Crippen LogP contribution in [0.15, 0.2) is 30.3 Å². The topological polar surface area (TPSA) is 59.1 Å². The number of aromatic nitrogens is 1. The maximum absolute atomic E-state index is 13.1. The summed E-state index contributed by atoms with van der Waals surface area (Å²) < 4.78 is 29.1. The number of anilines is 1. The van der Waals surface area contributed by atoms with Gasteiger partial charge >= 0.3 is 0 Å². The molecule has 0 spiro atoms. The molecule has 28 heavy (non-hydrogen) atoms. The fourth-order valence-electron chi connectivity index (χ4n) is 4.17. The Morgan fingerprint density at radius 3 is 2.54 bits per heavy atom. The molecule has 6 heteroatoms. The van der Waals surface area contributed by atoms with Crippen molar-refractivity contribution in [3.05, 3.63) is 46.5 Å². The van der Waals surface area contributed by atoms with Crippen LogP contribution in [0.1, 0.15) is 48.2 Å². The number of rotatable bonds is 4. The summed E-state index contributed by atoms with van der Waals surface area (Å²) >= 11 is 1.62. The third kappa shape index (κ3) is 3.67. The SMILES string of the molecule is Cc1cccc(-c2c(C)sc3nc(C)cc(NS(=O)(=O)C4CCCCC4)c23)c1. The predicted molar refractivity (Wildman–Crippen MR) is 119 cm³/mol. The van der Waals surface area contributed by atoms with Crippen molar-refractivity contribution in [2.24, 2.45) is 0 Å². The van der Waals surface area contributed by atoms with Crippen LogP contribution in [0.5, 0.6) is 0 Å². The summed E-state index contributed by atoms with van der Waals surface area (Å²) in [6.07, 6.45) is 4.60. The van der Waals surface area contributed by atoms with Gasteiger partial charge in [0.15, 0.2) is 0 Å². The normalized spacial score (nSPS) is 15.8. The smallest absolute Gasteiger partial charge is 0.235 e. The van der Waals surface area contributed by atoms with Crippen LogP contribution in [-0.2, 0) is 10.0 Å². The highest BCUT2D eigenvalue weighted by molar-refractivity contribution is 7.93. The number of hydrogen-bond acceptors (Lipinski definition) is 4. The average molecular weight is 415 g/mol. The van der Waals surface area contributed by atoms with Crippen LogP contribution < -0.4 is 4.72 Å². The number of aryl methyl sites for hydroxylation is 3. The van der Waals surface area contributed by atoms with Crippen LogP contribution in [0, 0.1) is 20.8 Å². The molecular weight excluding hydrogens is 388 g/mol. The van der Waals surface area contributed by atoms with Gasteiger partial charge in [0, 0.05) is 21.5 Å². The van der Waals surface area contributed by atoms with Gasteiger partial charge in [0.05, 0.1) is 10.9 Å². The number of hydrogen-bond donors (Lipinski definition) is 1. The molecule has 0 aliphatic heterocycles. The molecule has 1 N–H and O–H groups in total. The van der Waals surface area contributed by atoms with Crippen molar-refractivity contribution in [3.8, 4) is 11.1 Å². The van der Waals surface area contributed by atoms with Gasteiger partial charge in [-0.1, -0.05) is 49.1 Å². The molecule has 2 aromatic heterocycles. The van der Waals surface area contributed by atoms with Crippen LogP contribution >= 0.6 is 11.3 Å². The van der Waals surface area contributed by atoms with E-state index in [-0.39, 0.29) is 5.25 Å². The molecule has 0 unspecified atom stereocenters. The Balaban J connectivity index is 1.86. The lowest BCUT2D eigenvalue weighted by Gasteiger charge is -2.23. The first-order chi connectivity index (χ1) is 13.3. The van der Waals surface area contributed by atoms with E-state index in [0.717, 1.165) is 64.0 Å². The Kier molecular flexibility index (Phi) is 5.19. The summed E-state index contributed by atoms with van der Waals surface area (Å²) in [5, 5.41) is 0.616. The van der Waals surface area contributed by atoms with E-state index >= 15 is 0 Å². The minimum Gasteiger partial charge on any atom is -0.283 e. The molecule has 1 aliphatic rings. The number of nitrogens with one attached hydrogen (secondary N) is 1. The molecule has 4 nitrogen and oxygen atoms in total. The van der Waals surface area contributed by atoms with Crippen molar-refractivity contribution in [2.75, 3.05) is 4.72 Å². The zero-order valence-corrected chi connectivity index (χ0v) is 18.2. The summed E-state index contributed by atoms with van der Waals surface area (Å²) in [5.41, 5.74) is 4.85. The molecule has 1 fully saturated rings. The van der Waals surface area contributed by atoms with Gasteiger partial charge in [-0.3, -0.25) is 4.72 Å². The zero-order chi connectivity index (χ0) is 19.9. The molecule has 1 aromatic carbocycles. The number of pyridine rings is 1. The van der Waals surface area contributed by atoms with E-state index in [1.807, 2.05) is 19.1 Å². The van der Waals surface area contributed by atoms with Crippen LogP contribution in [0.25, 0.3) is 21.3 Å². The molecule has 1 aliphatic carbocycles. The zero-order valence-electron chi connectivity index (χ0n) is 16.6. The molecule has 148 valence electrons. The Bertz CT molecular complexity index is 1130. The minimum atomic E-state index is -3.42. The number of benzene rings is 1. The number of nitrogens with zero attached hydrogens (tertiary/aromatic N) is 1. The lowest BCUT2D eigenvalue weighted by atomic mass is 10.0. The van der Waals surface area contributed by atoms with Gasteiger partial charge in [0.2, 0.25) is 10.0 Å². The van der Waals surface area contributed by atoms with Gasteiger partial charge < -0.3 is 0 Å². The first-order valence-electron chi connectivity index (χ1n) is 9.84. The maximum atomic E-state index is 13.1. The predicted octanol–water partition coefficient (Wildman–Crippen LogP) is 5.96. The third-order valence-electron chi connectivity index (χ3n) is 5.52. The van der Waals surface area contributed by atoms with Crippen LogP contribution in [-0.4, -0.2) is 18.7 Å². The van der Waals surface area contributed by atoms with Crippen LogP contribution in [0.2, 0.25) is 0 Å². The molecule has 0 amide bonds. The average Bonchev–Trinajstić information content (AvgIpc) is 2.98. The quantitative estimate of drug-likeness (QED) is 0.573. The van der Waals surface area contributed by atoms with Gasteiger partial charge in [-0.15, -0.1) is 11.3 Å². The molecule has 2 heterocycles. The summed E-state index contributed by atoms with van der Waals surface area (Å²) in [6, 6.07) is 10.2. The van der Waals surface area contributed by atoms with E-state index in [9.17, 15) is 8.42 Å². The molecule has 0 radical (unpaired) electrons. The van der Waals surface area contributed by atoms with E-state index in [2.05, 4.69) is 36.8 Å². The van der Waals surface area contributed by atoms with Gasteiger partial charge in [-0.05, 0) is 45.2 Å². The van der Waals surface area contributed by atoms with Gasteiger partial charge in [0.1, 0.15) is 4.83 Å². The maximum Gasteiger partial charge on any atom is 0.235 e. The van der Waals surface area contributed by atoms with Crippen molar-refractivity contribution in [1.29, 1.82) is 0 Å². The highest BCUT2D eigenvalue weighted by Gasteiger charge is 2.28. The first-order valence-corrected chi connectivity index (χ1v) is 12.2. The lowest BCUT2D eigenvalue weighted by Crippen LogP contribution is -2.29. The molecule has 3 aromatic rings. The number of fused-ring (bicyclic) bond motifs is 1. The number of thiophene rings is 1. The highest BCUT2D eigenvalue weighted by Crippen LogP contribution is 2.42. The van der Waals surface area contributed by atoms with E-state index in [4.69, 9.17) is 4.98 Å². The molecular formula is C22H26N2O2S2.